The summed E-state index contributed by atoms with van der Waals surface area (Å²) in [6.07, 6.45) is 1.63. The minimum atomic E-state index is -0.279. The number of fused-ring (bicyclic) bond motifs is 1. The second-order valence-corrected chi connectivity index (χ2v) is 3.18. The Bertz CT molecular complexity index is 355. The molecule has 0 bridgehead atoms. The first kappa shape index (κ1) is 5.71. The third kappa shape index (κ3) is 1.03. The normalized spacial score (nSPS) is 16.6. The molecule has 1 amide bonds. The van der Waals surface area contributed by atoms with Gasteiger partial charge in [0.15, 0.2) is 1.41 Å². The van der Waals surface area contributed by atoms with Crippen molar-refractivity contribution in [2.24, 2.45) is 0 Å². The molecule has 0 fully saturated rings. The molecule has 1 N–H and O–H groups in total. The fraction of sp³-hybridized carbons (Fsp3) is 0.143. The van der Waals surface area contributed by atoms with Gasteiger partial charge in [-0.05, 0) is 22.0 Å². The Morgan fingerprint density at radius 2 is 2.64 bits per heavy atom. The van der Waals surface area contributed by atoms with E-state index in [4.69, 9.17) is 1.41 Å². The summed E-state index contributed by atoms with van der Waals surface area (Å²) in [7, 11) is 0. The Balaban J connectivity index is 2.56. The molecule has 0 spiro atoms. The first-order chi connectivity index (χ1) is 5.68. The summed E-state index contributed by atoms with van der Waals surface area (Å²) in [5, 5.41) is 0.907. The van der Waals surface area contributed by atoms with Gasteiger partial charge in [-0.3, -0.25) is 9.78 Å². The quantitative estimate of drug-likeness (QED) is 0.702. The molecular weight excluding hydrogens is 208 g/mol. The Hall–Kier alpha value is -0.900. The van der Waals surface area contributed by atoms with Gasteiger partial charge in [0.2, 0.25) is 0 Å². The Labute approximate surface area is 73.4 Å². The summed E-state index contributed by atoms with van der Waals surface area (Å²) < 4.78 is 7.99. The Kier molecular flexibility index (Phi) is 1.20. The van der Waals surface area contributed by atoms with Crippen molar-refractivity contribution < 1.29 is 6.21 Å². The van der Waals surface area contributed by atoms with Crippen LogP contribution in [0.5, 0.6) is 0 Å². The van der Waals surface area contributed by atoms with Crippen molar-refractivity contribution in [1.29, 1.82) is 0 Å². The molecule has 3 nitrogen and oxygen atoms in total. The van der Waals surface area contributed by atoms with E-state index in [9.17, 15) is 4.79 Å². The van der Waals surface area contributed by atoms with Crippen molar-refractivity contribution >= 4 is 21.8 Å². The smallest absolute Gasteiger partial charge is 0.253 e. The topological polar surface area (TPSA) is 42.0 Å². The molecule has 1 aromatic heterocycles. The number of aromatic nitrogens is 1. The summed E-state index contributed by atoms with van der Waals surface area (Å²) in [4.78, 5) is 15.3. The lowest BCUT2D eigenvalue weighted by Gasteiger charge is -1.93. The molecule has 0 saturated heterocycles. The number of halogens is 1. The van der Waals surface area contributed by atoms with Crippen molar-refractivity contribution in [3.8, 4) is 0 Å². The lowest BCUT2D eigenvalue weighted by molar-refractivity contribution is 0.0965. The molecule has 4 heteroatoms. The van der Waals surface area contributed by atoms with Crippen LogP contribution in [0.3, 0.4) is 0 Å². The highest BCUT2D eigenvalue weighted by atomic mass is 79.9. The molecule has 56 valence electrons. The van der Waals surface area contributed by atoms with Crippen LogP contribution < -0.4 is 5.31 Å². The Morgan fingerprint density at radius 1 is 1.82 bits per heavy atom. The third-order valence-corrected chi connectivity index (χ3v) is 1.97. The number of pyridine rings is 1. The highest BCUT2D eigenvalue weighted by Crippen LogP contribution is 2.17. The number of rotatable bonds is 0. The maximum absolute atomic E-state index is 11.2. The monoisotopic (exact) mass is 213 g/mol. The highest BCUT2D eigenvalue weighted by Gasteiger charge is 2.19. The van der Waals surface area contributed by atoms with Gasteiger partial charge in [-0.15, -0.1) is 0 Å². The fourth-order valence-corrected chi connectivity index (χ4v) is 1.34. The number of carbonyl (C=O) groups excluding carboxylic acids is 1. The van der Waals surface area contributed by atoms with E-state index in [2.05, 4.69) is 20.9 Å². The summed E-state index contributed by atoms with van der Waals surface area (Å²) in [6.45, 7) is 0.293. The number of amides is 1. The summed E-state index contributed by atoms with van der Waals surface area (Å²) in [5.74, 6) is -0.279. The standard InChI is InChI=1S/C7H5BrN2O/c8-4-1-5-6(9-2-4)3-10-7(5)11/h1-2H,3H2,(H,10,11)/i/hD. The molecule has 2 rings (SSSR count). The van der Waals surface area contributed by atoms with Gasteiger partial charge in [0.1, 0.15) is 0 Å². The van der Waals surface area contributed by atoms with Gasteiger partial charge < -0.3 is 5.31 Å². The van der Waals surface area contributed by atoms with E-state index < -0.39 is 0 Å². The van der Waals surface area contributed by atoms with Crippen LogP contribution in [0.2, 0.25) is 1.41 Å². The first-order valence-corrected chi connectivity index (χ1v) is 3.93. The van der Waals surface area contributed by atoms with E-state index in [-0.39, 0.29) is 5.91 Å². The number of hydrogen-bond donors (Lipinski definition) is 1. The van der Waals surface area contributed by atoms with Crippen molar-refractivity contribution in [3.05, 3.63) is 28.0 Å². The maximum atomic E-state index is 11.2. The van der Waals surface area contributed by atoms with E-state index in [1.54, 1.807) is 12.3 Å². The van der Waals surface area contributed by atoms with Gasteiger partial charge in [-0.25, -0.2) is 0 Å². The van der Waals surface area contributed by atoms with Crippen molar-refractivity contribution in [2.45, 2.75) is 6.54 Å². The number of nitrogens with one attached hydrogen (secondary N) is 1. The Morgan fingerprint density at radius 3 is 3.45 bits per heavy atom. The maximum Gasteiger partial charge on any atom is 0.253 e. The van der Waals surface area contributed by atoms with Crippen molar-refractivity contribution in [1.82, 2.24) is 10.3 Å². The summed E-state index contributed by atoms with van der Waals surface area (Å²) >= 11 is 3.22. The molecule has 0 unspecified atom stereocenters. The average Bonchev–Trinajstić information content (AvgIpc) is 2.31. The predicted octanol–water partition coefficient (Wildman–Crippen LogP) is 1.09. The molecular formula is C7H5BrN2O. The zero-order chi connectivity index (χ0) is 8.72. The molecule has 1 aliphatic rings. The molecule has 1 aromatic rings. The van der Waals surface area contributed by atoms with Crippen molar-refractivity contribution in [2.75, 3.05) is 0 Å². The van der Waals surface area contributed by atoms with Crippen LogP contribution in [0, 0.1) is 0 Å². The lowest BCUT2D eigenvalue weighted by Crippen LogP contribution is -2.12. The van der Waals surface area contributed by atoms with Crippen LogP contribution in [0.25, 0.3) is 0 Å². The fourth-order valence-electron chi connectivity index (χ4n) is 1.01. The largest absolute Gasteiger partial charge is 0.346 e. The molecule has 0 radical (unpaired) electrons. The van der Waals surface area contributed by atoms with Gasteiger partial charge in [0.05, 0.1) is 17.8 Å². The van der Waals surface area contributed by atoms with Crippen molar-refractivity contribution in [3.63, 3.8) is 0 Å². The summed E-state index contributed by atoms with van der Waals surface area (Å²) in [5.41, 5.74) is 1.21. The van der Waals surface area contributed by atoms with Crippen LogP contribution in [-0.2, 0) is 6.54 Å². The van der Waals surface area contributed by atoms with Gasteiger partial charge >= 0.3 is 0 Å². The second-order valence-electron chi connectivity index (χ2n) is 2.27. The van der Waals surface area contributed by atoms with Crippen LogP contribution in [0.1, 0.15) is 16.1 Å². The third-order valence-electron chi connectivity index (χ3n) is 1.54. The van der Waals surface area contributed by atoms with Crippen LogP contribution in [-0.4, -0.2) is 10.9 Å². The average molecular weight is 214 g/mol. The van der Waals surface area contributed by atoms with Crippen LogP contribution in [0.15, 0.2) is 16.7 Å². The molecule has 0 saturated carbocycles. The van der Waals surface area contributed by atoms with Gasteiger partial charge in [0.25, 0.3) is 5.91 Å². The second kappa shape index (κ2) is 2.30. The van der Waals surface area contributed by atoms with E-state index in [1.165, 1.54) is 0 Å². The molecule has 1 aliphatic heterocycles. The molecule has 2 heterocycles. The van der Waals surface area contributed by atoms with E-state index >= 15 is 0 Å². The van der Waals surface area contributed by atoms with Gasteiger partial charge in [0, 0.05) is 10.7 Å². The minimum absolute atomic E-state index is 0.279. The molecule has 0 atom stereocenters. The molecule has 0 aliphatic carbocycles. The van der Waals surface area contributed by atoms with Crippen LogP contribution >= 0.6 is 15.9 Å². The van der Waals surface area contributed by atoms with E-state index in [0.29, 0.717) is 17.8 Å². The zero-order valence-electron chi connectivity index (χ0n) is 6.54. The number of carbonyl (C=O) groups is 1. The molecule has 0 aromatic carbocycles. The van der Waals surface area contributed by atoms with Gasteiger partial charge in [-0.2, -0.15) is 0 Å². The van der Waals surface area contributed by atoms with Crippen LogP contribution in [0.4, 0.5) is 0 Å². The van der Waals surface area contributed by atoms with Gasteiger partial charge in [-0.1, -0.05) is 0 Å². The van der Waals surface area contributed by atoms with E-state index in [0.717, 1.165) is 9.78 Å². The zero-order valence-corrected chi connectivity index (χ0v) is 7.13. The lowest BCUT2D eigenvalue weighted by atomic mass is 10.2. The SMILES string of the molecule is [2H]N1Cc2ncc(Br)cc2C1=O. The first-order valence-electron chi connectivity index (χ1n) is 3.58. The minimum Gasteiger partial charge on any atom is -0.346 e. The molecule has 11 heavy (non-hydrogen) atoms. The predicted molar refractivity (Wildman–Crippen MR) is 43.1 cm³/mol. The summed E-state index contributed by atoms with van der Waals surface area (Å²) in [6, 6.07) is 1.69. The number of hydrogen-bond acceptors (Lipinski definition) is 2. The highest BCUT2D eigenvalue weighted by molar-refractivity contribution is 9.10. The van der Waals surface area contributed by atoms with E-state index in [1.807, 2.05) is 0 Å². The number of nitrogens with zero attached hydrogens (tertiary/aromatic N) is 1.